The average Bonchev–Trinajstić information content (AvgIpc) is 2.98. The van der Waals surface area contributed by atoms with Gasteiger partial charge in [0.05, 0.1) is 0 Å². The van der Waals surface area contributed by atoms with Crippen LogP contribution in [0.3, 0.4) is 0 Å². The minimum atomic E-state index is 0.365. The highest BCUT2D eigenvalue weighted by molar-refractivity contribution is 7.25. The second-order valence-electron chi connectivity index (χ2n) is 5.89. The largest absolute Gasteiger partial charge is 0.330 e. The third kappa shape index (κ3) is 2.65. The number of rotatable bonds is 4. The molecule has 1 unspecified atom stereocenters. The standard InChI is InChI=1S/C21H19NS/c22-13-12-17(15-6-2-1-3-7-15)16-10-11-21-19(14-16)18-8-4-5-9-20(18)23-21/h1-11,14,17H,12-13,22H2. The van der Waals surface area contributed by atoms with Crippen LogP contribution < -0.4 is 5.73 Å². The van der Waals surface area contributed by atoms with Crippen LogP contribution in [0.5, 0.6) is 0 Å². The number of hydrogen-bond donors (Lipinski definition) is 1. The van der Waals surface area contributed by atoms with Gasteiger partial charge in [0.2, 0.25) is 0 Å². The predicted octanol–water partition coefficient (Wildman–Crippen LogP) is 5.54. The van der Waals surface area contributed by atoms with E-state index in [0.717, 1.165) is 6.42 Å². The SMILES string of the molecule is NCCC(c1ccccc1)c1ccc2sc3ccccc3c2c1. The Morgan fingerprint density at radius 2 is 1.48 bits per heavy atom. The molecule has 2 heteroatoms. The lowest BCUT2D eigenvalue weighted by Gasteiger charge is -2.17. The van der Waals surface area contributed by atoms with Gasteiger partial charge < -0.3 is 5.73 Å². The van der Waals surface area contributed by atoms with Crippen molar-refractivity contribution in [3.8, 4) is 0 Å². The van der Waals surface area contributed by atoms with Gasteiger partial charge in [0.1, 0.15) is 0 Å². The summed E-state index contributed by atoms with van der Waals surface area (Å²) >= 11 is 1.87. The zero-order chi connectivity index (χ0) is 15.6. The molecule has 0 aliphatic rings. The second-order valence-corrected chi connectivity index (χ2v) is 6.98. The summed E-state index contributed by atoms with van der Waals surface area (Å²) in [6.45, 7) is 0.696. The van der Waals surface area contributed by atoms with Crippen LogP contribution in [0, 0.1) is 0 Å². The van der Waals surface area contributed by atoms with Gasteiger partial charge in [0, 0.05) is 26.1 Å². The Balaban J connectivity index is 1.87. The van der Waals surface area contributed by atoms with E-state index in [1.54, 1.807) is 0 Å². The molecule has 0 fully saturated rings. The van der Waals surface area contributed by atoms with E-state index in [-0.39, 0.29) is 0 Å². The Labute approximate surface area is 140 Å². The minimum absolute atomic E-state index is 0.365. The van der Waals surface area contributed by atoms with Crippen molar-refractivity contribution < 1.29 is 0 Å². The number of thiophene rings is 1. The van der Waals surface area contributed by atoms with Gasteiger partial charge in [-0.15, -0.1) is 11.3 Å². The molecule has 0 spiro atoms. The first kappa shape index (κ1) is 14.4. The first-order valence-electron chi connectivity index (χ1n) is 8.03. The van der Waals surface area contributed by atoms with E-state index >= 15 is 0 Å². The van der Waals surface area contributed by atoms with Crippen molar-refractivity contribution >= 4 is 31.5 Å². The Morgan fingerprint density at radius 3 is 2.30 bits per heavy atom. The summed E-state index contributed by atoms with van der Waals surface area (Å²) in [6, 6.07) is 26.2. The van der Waals surface area contributed by atoms with E-state index in [0.29, 0.717) is 12.5 Å². The first-order valence-corrected chi connectivity index (χ1v) is 8.84. The fourth-order valence-electron chi connectivity index (χ4n) is 3.34. The first-order chi connectivity index (χ1) is 11.4. The van der Waals surface area contributed by atoms with Crippen LogP contribution in [0.15, 0.2) is 72.8 Å². The van der Waals surface area contributed by atoms with Crippen molar-refractivity contribution in [3.63, 3.8) is 0 Å². The summed E-state index contributed by atoms with van der Waals surface area (Å²) < 4.78 is 2.71. The van der Waals surface area contributed by atoms with Crippen LogP contribution in [0.1, 0.15) is 23.5 Å². The molecule has 0 saturated heterocycles. The Hall–Kier alpha value is -2.16. The quantitative estimate of drug-likeness (QED) is 0.526. The lowest BCUT2D eigenvalue weighted by molar-refractivity contribution is 0.727. The van der Waals surface area contributed by atoms with Gasteiger partial charge in [-0.2, -0.15) is 0 Å². The van der Waals surface area contributed by atoms with Crippen LogP contribution in [0.2, 0.25) is 0 Å². The molecule has 0 radical (unpaired) electrons. The van der Waals surface area contributed by atoms with Crippen LogP contribution in [-0.2, 0) is 0 Å². The maximum absolute atomic E-state index is 5.89. The molecule has 1 aromatic heterocycles. The van der Waals surface area contributed by atoms with Crippen molar-refractivity contribution in [2.45, 2.75) is 12.3 Å². The predicted molar refractivity (Wildman–Crippen MR) is 101 cm³/mol. The fourth-order valence-corrected chi connectivity index (χ4v) is 4.42. The van der Waals surface area contributed by atoms with Crippen molar-refractivity contribution in [2.75, 3.05) is 6.54 Å². The smallest absolute Gasteiger partial charge is 0.0355 e. The minimum Gasteiger partial charge on any atom is -0.330 e. The monoisotopic (exact) mass is 317 g/mol. The third-order valence-corrected chi connectivity index (χ3v) is 5.61. The van der Waals surface area contributed by atoms with Crippen LogP contribution in [0.4, 0.5) is 0 Å². The summed E-state index contributed by atoms with van der Waals surface area (Å²) in [4.78, 5) is 0. The molecule has 0 aliphatic heterocycles. The Bertz CT molecular complexity index is 940. The van der Waals surface area contributed by atoms with Crippen molar-refractivity contribution in [2.24, 2.45) is 5.73 Å². The highest BCUT2D eigenvalue weighted by Gasteiger charge is 2.15. The van der Waals surface area contributed by atoms with Crippen molar-refractivity contribution in [1.82, 2.24) is 0 Å². The van der Waals surface area contributed by atoms with Crippen LogP contribution in [-0.4, -0.2) is 6.54 Å². The highest BCUT2D eigenvalue weighted by Crippen LogP contribution is 2.37. The van der Waals surface area contributed by atoms with E-state index in [2.05, 4.69) is 72.8 Å². The molecule has 23 heavy (non-hydrogen) atoms. The van der Waals surface area contributed by atoms with Gasteiger partial charge in [0.15, 0.2) is 0 Å². The molecule has 0 bridgehead atoms. The summed E-state index contributed by atoms with van der Waals surface area (Å²) in [7, 11) is 0. The van der Waals surface area contributed by atoms with E-state index in [1.165, 1.54) is 31.3 Å². The second kappa shape index (κ2) is 6.15. The number of fused-ring (bicyclic) bond motifs is 3. The molecular weight excluding hydrogens is 298 g/mol. The molecule has 0 aliphatic carbocycles. The molecule has 1 atom stereocenters. The zero-order valence-corrected chi connectivity index (χ0v) is 13.7. The van der Waals surface area contributed by atoms with Gasteiger partial charge in [0.25, 0.3) is 0 Å². The summed E-state index contributed by atoms with van der Waals surface area (Å²) in [5.74, 6) is 0.365. The van der Waals surface area contributed by atoms with E-state index in [1.807, 2.05) is 11.3 Å². The maximum Gasteiger partial charge on any atom is 0.0355 e. The van der Waals surface area contributed by atoms with E-state index < -0.39 is 0 Å². The van der Waals surface area contributed by atoms with Crippen LogP contribution >= 0.6 is 11.3 Å². The Kier molecular flexibility index (Phi) is 3.86. The molecule has 114 valence electrons. The lowest BCUT2D eigenvalue weighted by atomic mass is 9.88. The average molecular weight is 317 g/mol. The van der Waals surface area contributed by atoms with E-state index in [4.69, 9.17) is 5.73 Å². The third-order valence-electron chi connectivity index (χ3n) is 4.46. The van der Waals surface area contributed by atoms with Gasteiger partial charge in [-0.25, -0.2) is 0 Å². The highest BCUT2D eigenvalue weighted by atomic mass is 32.1. The summed E-state index contributed by atoms with van der Waals surface area (Å²) in [6.07, 6.45) is 0.970. The van der Waals surface area contributed by atoms with Crippen molar-refractivity contribution in [1.29, 1.82) is 0 Å². The molecule has 3 aromatic carbocycles. The number of benzene rings is 3. The summed E-state index contributed by atoms with van der Waals surface area (Å²) in [5, 5.41) is 2.72. The molecule has 1 heterocycles. The fraction of sp³-hybridized carbons (Fsp3) is 0.143. The van der Waals surface area contributed by atoms with E-state index in [9.17, 15) is 0 Å². The molecule has 2 N–H and O–H groups in total. The van der Waals surface area contributed by atoms with Crippen LogP contribution in [0.25, 0.3) is 20.2 Å². The molecule has 0 saturated carbocycles. The number of hydrogen-bond acceptors (Lipinski definition) is 2. The molecule has 1 nitrogen and oxygen atoms in total. The molecular formula is C21H19NS. The normalized spacial score (nSPS) is 12.7. The zero-order valence-electron chi connectivity index (χ0n) is 12.9. The number of nitrogens with two attached hydrogens (primary N) is 1. The van der Waals surface area contributed by atoms with Gasteiger partial charge >= 0.3 is 0 Å². The molecule has 4 aromatic rings. The Morgan fingerprint density at radius 1 is 0.739 bits per heavy atom. The molecule has 4 rings (SSSR count). The van der Waals surface area contributed by atoms with Gasteiger partial charge in [-0.05, 0) is 42.3 Å². The van der Waals surface area contributed by atoms with Gasteiger partial charge in [-0.3, -0.25) is 0 Å². The summed E-state index contributed by atoms with van der Waals surface area (Å²) in [5.41, 5.74) is 8.59. The van der Waals surface area contributed by atoms with Crippen molar-refractivity contribution in [3.05, 3.63) is 83.9 Å². The van der Waals surface area contributed by atoms with Gasteiger partial charge in [-0.1, -0.05) is 54.6 Å². The lowest BCUT2D eigenvalue weighted by Crippen LogP contribution is -2.08. The maximum atomic E-state index is 5.89. The topological polar surface area (TPSA) is 26.0 Å². The molecule has 0 amide bonds.